The van der Waals surface area contributed by atoms with Crippen molar-refractivity contribution in [2.45, 2.75) is 6.18 Å². The second kappa shape index (κ2) is 8.71. The van der Waals surface area contributed by atoms with E-state index in [0.717, 1.165) is 18.2 Å². The first-order chi connectivity index (χ1) is 16.5. The smallest absolute Gasteiger partial charge is 0.372 e. The molecule has 0 bridgehead atoms. The van der Waals surface area contributed by atoms with Crippen LogP contribution in [0.4, 0.5) is 30.2 Å². The lowest BCUT2D eigenvalue weighted by Crippen LogP contribution is -2.41. The van der Waals surface area contributed by atoms with Crippen molar-refractivity contribution >= 4 is 40.5 Å². The van der Waals surface area contributed by atoms with E-state index in [1.54, 1.807) is 43.3 Å². The van der Waals surface area contributed by atoms with Crippen LogP contribution in [0.15, 0.2) is 66.7 Å². The number of carbonyl (C=O) groups is 2. The number of alkyl halides is 3. The van der Waals surface area contributed by atoms with Crippen LogP contribution in [0.2, 0.25) is 0 Å². The van der Waals surface area contributed by atoms with E-state index < -0.39 is 28.5 Å². The third kappa shape index (κ3) is 4.37. The number of hydrogen-bond acceptors (Lipinski definition) is 5. The molecule has 4 rings (SSSR count). The van der Waals surface area contributed by atoms with E-state index in [1.807, 2.05) is 0 Å². The second-order valence-corrected chi connectivity index (χ2v) is 8.00. The van der Waals surface area contributed by atoms with Crippen LogP contribution in [0, 0.1) is 10.1 Å². The largest absolute Gasteiger partial charge is 0.416 e. The quantitative estimate of drug-likeness (QED) is 0.215. The number of amides is 2. The minimum atomic E-state index is -4.67. The maximum atomic E-state index is 13.5. The highest BCUT2D eigenvalue weighted by Gasteiger charge is 2.37. The molecular formula is C25H18F3N3O4. The molecule has 1 heterocycles. The van der Waals surface area contributed by atoms with Crippen LogP contribution in [-0.2, 0) is 11.0 Å². The summed E-state index contributed by atoms with van der Waals surface area (Å²) in [4.78, 5) is 39.9. The summed E-state index contributed by atoms with van der Waals surface area (Å²) in [7, 11) is 3.31. The molecule has 3 aromatic rings. The number of halogens is 3. The summed E-state index contributed by atoms with van der Waals surface area (Å²) in [5.41, 5.74) is -0.331. The number of rotatable bonds is 4. The molecule has 178 valence electrons. The summed E-state index contributed by atoms with van der Waals surface area (Å²) in [6, 6.07) is 14.5. The van der Waals surface area contributed by atoms with Gasteiger partial charge in [-0.25, -0.2) is 4.90 Å². The van der Waals surface area contributed by atoms with E-state index in [9.17, 15) is 32.9 Å². The predicted octanol–water partition coefficient (Wildman–Crippen LogP) is 5.41. The fraction of sp³-hybridized carbons (Fsp3) is 0.120. The Morgan fingerprint density at radius 1 is 0.914 bits per heavy atom. The normalized spacial score (nSPS) is 14.8. The predicted molar refractivity (Wildman–Crippen MR) is 125 cm³/mol. The average molecular weight is 481 g/mol. The average Bonchev–Trinajstić information content (AvgIpc) is 2.81. The Morgan fingerprint density at radius 2 is 1.60 bits per heavy atom. The molecule has 1 aliphatic heterocycles. The highest BCUT2D eigenvalue weighted by atomic mass is 19.4. The van der Waals surface area contributed by atoms with Gasteiger partial charge in [0, 0.05) is 31.3 Å². The zero-order chi connectivity index (χ0) is 25.5. The first-order valence-electron chi connectivity index (χ1n) is 10.3. The molecular weight excluding hydrogens is 463 g/mol. The molecule has 0 aromatic heterocycles. The molecule has 0 spiro atoms. The van der Waals surface area contributed by atoms with Gasteiger partial charge in [0.25, 0.3) is 17.5 Å². The van der Waals surface area contributed by atoms with Crippen molar-refractivity contribution in [3.63, 3.8) is 0 Å². The zero-order valence-electron chi connectivity index (χ0n) is 18.5. The van der Waals surface area contributed by atoms with Crippen LogP contribution < -0.4 is 9.80 Å². The summed E-state index contributed by atoms with van der Waals surface area (Å²) in [5.74, 6) is -1.61. The molecule has 7 nitrogen and oxygen atoms in total. The van der Waals surface area contributed by atoms with E-state index in [-0.39, 0.29) is 28.1 Å². The fourth-order valence-corrected chi connectivity index (χ4v) is 3.87. The first kappa shape index (κ1) is 23.7. The maximum Gasteiger partial charge on any atom is 0.416 e. The van der Waals surface area contributed by atoms with Gasteiger partial charge in [-0.2, -0.15) is 13.2 Å². The molecule has 0 unspecified atom stereocenters. The van der Waals surface area contributed by atoms with E-state index in [4.69, 9.17) is 0 Å². The first-order valence-corrected chi connectivity index (χ1v) is 10.3. The van der Waals surface area contributed by atoms with Gasteiger partial charge in [-0.15, -0.1) is 0 Å². The lowest BCUT2D eigenvalue weighted by atomic mass is 9.91. The second-order valence-electron chi connectivity index (χ2n) is 8.00. The van der Waals surface area contributed by atoms with Gasteiger partial charge in [0.2, 0.25) is 0 Å². The minimum Gasteiger partial charge on any atom is -0.372 e. The van der Waals surface area contributed by atoms with Gasteiger partial charge in [0.15, 0.2) is 0 Å². The van der Waals surface area contributed by atoms with E-state index in [1.165, 1.54) is 30.3 Å². The number of fused-ring (bicyclic) bond motifs is 1. The zero-order valence-corrected chi connectivity index (χ0v) is 18.5. The van der Waals surface area contributed by atoms with Gasteiger partial charge in [-0.3, -0.25) is 19.7 Å². The standard InChI is InChI=1S/C25H18F3N3O4/c1-29(2)21-11-10-15(13-22(21)31(34)35)12-20-18-8-3-4-9-19(18)23(32)30(24(20)33)17-7-5-6-16(14-17)25(26,27)28/h3-14H,1-2H3/b20-12+. The molecule has 10 heteroatoms. The van der Waals surface area contributed by atoms with Crippen LogP contribution in [-0.4, -0.2) is 30.8 Å². The summed E-state index contributed by atoms with van der Waals surface area (Å²) >= 11 is 0. The molecule has 0 saturated heterocycles. The summed E-state index contributed by atoms with van der Waals surface area (Å²) in [5, 5.41) is 11.6. The fourth-order valence-electron chi connectivity index (χ4n) is 3.87. The molecule has 0 atom stereocenters. The van der Waals surface area contributed by atoms with Crippen molar-refractivity contribution in [2.75, 3.05) is 23.9 Å². The monoisotopic (exact) mass is 481 g/mol. The van der Waals surface area contributed by atoms with Gasteiger partial charge >= 0.3 is 6.18 Å². The van der Waals surface area contributed by atoms with E-state index >= 15 is 0 Å². The highest BCUT2D eigenvalue weighted by molar-refractivity contribution is 6.43. The Morgan fingerprint density at radius 3 is 2.23 bits per heavy atom. The van der Waals surface area contributed by atoms with Crippen molar-refractivity contribution in [1.29, 1.82) is 0 Å². The Labute approximate surface area is 197 Å². The molecule has 0 radical (unpaired) electrons. The van der Waals surface area contributed by atoms with Crippen LogP contribution in [0.25, 0.3) is 11.6 Å². The van der Waals surface area contributed by atoms with Crippen LogP contribution in [0.5, 0.6) is 0 Å². The van der Waals surface area contributed by atoms with Gasteiger partial charge in [-0.1, -0.05) is 30.3 Å². The van der Waals surface area contributed by atoms with Crippen molar-refractivity contribution in [3.8, 4) is 0 Å². The van der Waals surface area contributed by atoms with Crippen LogP contribution in [0.1, 0.15) is 27.0 Å². The summed E-state index contributed by atoms with van der Waals surface area (Å²) in [6.45, 7) is 0. The topological polar surface area (TPSA) is 83.8 Å². The minimum absolute atomic E-state index is 0.0181. The third-order valence-corrected chi connectivity index (χ3v) is 5.50. The number of nitro benzene ring substituents is 1. The molecule has 0 saturated carbocycles. The molecule has 2 amide bonds. The number of nitro groups is 1. The van der Waals surface area contributed by atoms with Crippen molar-refractivity contribution in [3.05, 3.63) is 99.1 Å². The number of hydrogen-bond donors (Lipinski definition) is 0. The lowest BCUT2D eigenvalue weighted by Gasteiger charge is -2.29. The Bertz CT molecular complexity index is 1400. The molecule has 1 aliphatic rings. The van der Waals surface area contributed by atoms with Crippen LogP contribution >= 0.6 is 0 Å². The van der Waals surface area contributed by atoms with Gasteiger partial charge in [0.1, 0.15) is 5.69 Å². The summed E-state index contributed by atoms with van der Waals surface area (Å²) in [6.07, 6.45) is -3.28. The Hall–Kier alpha value is -4.47. The van der Waals surface area contributed by atoms with E-state index in [0.29, 0.717) is 16.2 Å². The van der Waals surface area contributed by atoms with E-state index in [2.05, 4.69) is 0 Å². The molecule has 35 heavy (non-hydrogen) atoms. The summed E-state index contributed by atoms with van der Waals surface area (Å²) < 4.78 is 39.8. The van der Waals surface area contributed by atoms with Gasteiger partial charge in [-0.05, 0) is 47.5 Å². The Kier molecular flexibility index (Phi) is 5.89. The van der Waals surface area contributed by atoms with Crippen molar-refractivity contribution in [1.82, 2.24) is 0 Å². The molecule has 0 N–H and O–H groups in total. The number of anilines is 2. The third-order valence-electron chi connectivity index (χ3n) is 5.50. The molecule has 0 fully saturated rings. The Balaban J connectivity index is 1.89. The molecule has 3 aromatic carbocycles. The van der Waals surface area contributed by atoms with Crippen LogP contribution in [0.3, 0.4) is 0 Å². The van der Waals surface area contributed by atoms with Crippen molar-refractivity contribution < 1.29 is 27.7 Å². The highest BCUT2D eigenvalue weighted by Crippen LogP contribution is 2.37. The van der Waals surface area contributed by atoms with Gasteiger partial charge < -0.3 is 4.90 Å². The molecule has 0 aliphatic carbocycles. The number of nitrogens with zero attached hydrogens (tertiary/aromatic N) is 3. The number of imide groups is 1. The number of carbonyl (C=O) groups excluding carboxylic acids is 2. The van der Waals surface area contributed by atoms with Crippen molar-refractivity contribution in [2.24, 2.45) is 0 Å². The number of benzene rings is 3. The van der Waals surface area contributed by atoms with Gasteiger partial charge in [0.05, 0.1) is 16.2 Å². The lowest BCUT2D eigenvalue weighted by molar-refractivity contribution is -0.384. The SMILES string of the molecule is CN(C)c1ccc(/C=C2/C(=O)N(c3cccc(C(F)(F)F)c3)C(=O)c3ccccc32)cc1[N+](=O)[O-]. The maximum absolute atomic E-state index is 13.5.